The van der Waals surface area contributed by atoms with Crippen LogP contribution in [0.15, 0.2) is 138 Å². The van der Waals surface area contributed by atoms with Gasteiger partial charge in [0.2, 0.25) is 28.8 Å². The van der Waals surface area contributed by atoms with Crippen LogP contribution in [-0.4, -0.2) is 125 Å². The zero-order valence-corrected chi connectivity index (χ0v) is 49.8. The van der Waals surface area contributed by atoms with E-state index in [4.69, 9.17) is 28.5 Å². The van der Waals surface area contributed by atoms with Crippen LogP contribution in [0, 0.1) is 35.0 Å². The summed E-state index contributed by atoms with van der Waals surface area (Å²) < 4.78 is 71.4. The highest BCUT2D eigenvalue weighted by molar-refractivity contribution is 7.98. The average Bonchev–Trinajstić information content (AvgIpc) is 3.23. The van der Waals surface area contributed by atoms with Crippen LogP contribution in [0.2, 0.25) is 0 Å². The van der Waals surface area contributed by atoms with Crippen molar-refractivity contribution in [3.8, 4) is 0 Å². The smallest absolute Gasteiger partial charge is 0.307 e. The quantitative estimate of drug-likeness (QED) is 0.0510. The van der Waals surface area contributed by atoms with Gasteiger partial charge in [0.25, 0.3) is 27.6 Å². The molecule has 6 N–H and O–H groups in total. The van der Waals surface area contributed by atoms with E-state index in [1.54, 1.807) is 6.20 Å². The van der Waals surface area contributed by atoms with E-state index in [0.29, 0.717) is 76.2 Å². The van der Waals surface area contributed by atoms with Crippen LogP contribution in [0.25, 0.3) is 44.9 Å². The fraction of sp³-hybridized carbons (Fsp3) is 0.295. The van der Waals surface area contributed by atoms with Crippen LogP contribution >= 0.6 is 24.0 Å². The number of anilines is 3. The fourth-order valence-electron chi connectivity index (χ4n) is 9.24. The summed E-state index contributed by atoms with van der Waals surface area (Å²) in [7, 11) is 0. The first-order valence-electron chi connectivity index (χ1n) is 28.3. The van der Waals surface area contributed by atoms with Gasteiger partial charge in [-0.1, -0.05) is 60.3 Å². The van der Waals surface area contributed by atoms with Crippen LogP contribution in [0.3, 0.4) is 0 Å². The Morgan fingerprint density at radius 1 is 0.640 bits per heavy atom. The van der Waals surface area contributed by atoms with Crippen molar-refractivity contribution in [2.45, 2.75) is 62.5 Å². The Labute approximate surface area is 514 Å². The van der Waals surface area contributed by atoms with E-state index < -0.39 is 34.8 Å². The number of pyridine rings is 5. The number of oxazole rings is 4. The van der Waals surface area contributed by atoms with E-state index in [2.05, 4.69) is 104 Å². The largest absolute Gasteiger partial charge is 0.481 e. The van der Waals surface area contributed by atoms with Gasteiger partial charge in [0.1, 0.15) is 51.0 Å². The number of carbonyl (C=O) groups excluding carboxylic acids is 1. The molecule has 0 atom stereocenters. The minimum Gasteiger partial charge on any atom is -0.481 e. The van der Waals surface area contributed by atoms with Crippen LogP contribution in [0.1, 0.15) is 65.3 Å². The molecule has 4 fully saturated rings. The Balaban J connectivity index is 0.000000124. The maximum atomic E-state index is 12.9. The molecular weight excluding hydrogens is 1200 g/mol. The molecule has 28 heteroatoms. The van der Waals surface area contributed by atoms with Crippen molar-refractivity contribution in [3.05, 3.63) is 176 Å². The van der Waals surface area contributed by atoms with Gasteiger partial charge >= 0.3 is 5.97 Å². The second-order valence-electron chi connectivity index (χ2n) is 21.0. The normalized spacial score (nSPS) is 14.5. The minimum atomic E-state index is -0.765. The number of aromatic amines is 2. The summed E-state index contributed by atoms with van der Waals surface area (Å²) in [5.41, 5.74) is 14.1. The van der Waals surface area contributed by atoms with Gasteiger partial charge in [0.15, 0.2) is 0 Å². The van der Waals surface area contributed by atoms with Crippen molar-refractivity contribution < 1.29 is 49.9 Å². The highest BCUT2D eigenvalue weighted by Gasteiger charge is 2.27. The van der Waals surface area contributed by atoms with E-state index in [1.165, 1.54) is 66.8 Å². The number of thioether (sulfide) groups is 1. The maximum absolute atomic E-state index is 12.9. The summed E-state index contributed by atoms with van der Waals surface area (Å²) >= 11 is 6.03. The van der Waals surface area contributed by atoms with E-state index in [0.717, 1.165) is 104 Å². The number of nitrogen functional groups attached to an aromatic ring is 1. The Morgan fingerprint density at radius 2 is 1.15 bits per heavy atom. The van der Waals surface area contributed by atoms with Crippen LogP contribution in [0.5, 0.6) is 0 Å². The first kappa shape index (κ1) is 62.5. The number of rotatable bonds is 9. The predicted octanol–water partition coefficient (Wildman–Crippen LogP) is 10.5. The summed E-state index contributed by atoms with van der Waals surface area (Å²) in [6.07, 6.45) is 13.7. The number of fused-ring (bicyclic) bond motifs is 4. The molecule has 2 saturated carbocycles. The molecule has 2 saturated heterocycles. The van der Waals surface area contributed by atoms with Crippen molar-refractivity contribution in [2.24, 2.45) is 0 Å². The molecule has 11 aromatic rings. The van der Waals surface area contributed by atoms with Gasteiger partial charge in [-0.05, 0) is 96.8 Å². The van der Waals surface area contributed by atoms with Gasteiger partial charge in [0, 0.05) is 89.0 Å². The molecule has 0 bridgehead atoms. The van der Waals surface area contributed by atoms with Crippen molar-refractivity contribution in [2.75, 3.05) is 74.1 Å². The van der Waals surface area contributed by atoms with Gasteiger partial charge in [0.05, 0.1) is 31.4 Å². The molecular formula is C61H60F4N14O8S2. The van der Waals surface area contributed by atoms with Crippen molar-refractivity contribution in [3.63, 3.8) is 0 Å². The molecule has 0 unspecified atom stereocenters. The van der Waals surface area contributed by atoms with Crippen molar-refractivity contribution in [1.82, 2.24) is 55.1 Å². The molecule has 2 aliphatic heterocycles. The van der Waals surface area contributed by atoms with Gasteiger partial charge in [-0.15, -0.1) is 0 Å². The highest BCUT2D eigenvalue weighted by atomic mass is 32.2. The Hall–Kier alpha value is -9.54. The number of aliphatic carboxylic acids is 1. The van der Waals surface area contributed by atoms with Crippen LogP contribution in [-0.2, 0) is 22.4 Å². The molecule has 89 heavy (non-hydrogen) atoms. The monoisotopic (exact) mass is 1260 g/mol. The highest BCUT2D eigenvalue weighted by Crippen LogP contribution is 2.41. The molecule has 1 amide bonds. The van der Waals surface area contributed by atoms with Gasteiger partial charge in [-0.3, -0.25) is 14.4 Å². The topological polar surface area (TPSA) is 294 Å². The van der Waals surface area contributed by atoms with Crippen LogP contribution in [0.4, 0.5) is 35.3 Å². The van der Waals surface area contributed by atoms with E-state index in [1.807, 2.05) is 41.2 Å². The molecule has 2 aliphatic carbocycles. The number of H-pyrrole nitrogens is 2. The summed E-state index contributed by atoms with van der Waals surface area (Å²) in [4.78, 5) is 72.8. The number of carboxylic acids is 1. The van der Waals surface area contributed by atoms with E-state index in [9.17, 15) is 31.9 Å². The zero-order valence-electron chi connectivity index (χ0n) is 48.1. The summed E-state index contributed by atoms with van der Waals surface area (Å²) in [6.45, 7) is 8.29. The summed E-state index contributed by atoms with van der Waals surface area (Å²) in [6, 6.07) is 24.5. The molecule has 15 rings (SSSR count). The van der Waals surface area contributed by atoms with Gasteiger partial charge < -0.3 is 58.5 Å². The SMILES string of the molecule is CSc1nc2cc(F)cnc2o1.Cc1cnc2oc(N3CCN(C(=O)Cc4ccc(C5CC5)cc4)CC3)nc2c1.Fc1cnc2oc(=S)[nH]c2c1.Fc1cnc2oc(N3CCNCC3)nc2c1.Nc1cc(F)c[nH]c1=O.O=C(O)Cc1ccc(C2CC2)cc1. The number of piperazine rings is 2. The molecule has 9 aromatic heterocycles. The van der Waals surface area contributed by atoms with Gasteiger partial charge in [-0.2, -0.15) is 9.97 Å². The maximum Gasteiger partial charge on any atom is 0.307 e. The number of carbonyl (C=O) groups is 2. The lowest BCUT2D eigenvalue weighted by Crippen LogP contribution is -2.49. The third kappa shape index (κ3) is 17.6. The Bertz CT molecular complexity index is 4330. The molecule has 22 nitrogen and oxygen atoms in total. The minimum absolute atomic E-state index is 0.102. The Kier molecular flexibility index (Phi) is 20.4. The number of nitrogens with two attached hydrogens (primary N) is 1. The number of aromatic nitrogens is 9. The fourth-order valence-corrected chi connectivity index (χ4v) is 9.78. The second-order valence-corrected chi connectivity index (χ2v) is 22.1. The number of benzene rings is 2. The number of aryl methyl sites for hydroxylation is 1. The number of nitrogens with zero attached hydrogens (tertiary/aromatic N) is 10. The third-order valence-electron chi connectivity index (χ3n) is 14.1. The first-order valence-corrected chi connectivity index (χ1v) is 29.9. The molecule has 0 radical (unpaired) electrons. The van der Waals surface area contributed by atoms with Crippen molar-refractivity contribution >= 4 is 98.5 Å². The standard InChI is InChI=1S/C22H24N4O2.C11H12O2.C10H11FN4O.C7H5FN2OS.C6H3FN2OS.C5H5FN2O/c1-15-12-19-21(23-14-15)28-22(24-19)26-10-8-25(9-11-26)20(27)13-16-2-4-17(5-3-16)18-6-7-18;12-11(13)7-8-1-3-9(4-2-8)10-5-6-10;11-7-5-8-9(13-6-7)16-10(14-8)15-3-1-12-2-4-15;1-12-7-10-5-2-4(8)3-9-6(5)11-7;7-3-1-4-5(8-2-3)10-6(11)9-4;6-3-1-4(7)5(9)8-2-3/h2-5,12,14,18H,6-11,13H2,1H3;1-4,10H,5-7H2,(H,12,13);5-6,12H,1-4H2;2-3H,1H3;1-2H,(H,9,11);1-2H,7H2,(H,8,9). The molecule has 462 valence electrons. The van der Waals surface area contributed by atoms with E-state index in [-0.39, 0.29) is 22.9 Å². The summed E-state index contributed by atoms with van der Waals surface area (Å²) in [5.74, 6) is -0.816. The molecule has 2 aromatic carbocycles. The average molecular weight is 1260 g/mol. The second kappa shape index (κ2) is 29.0. The molecule has 0 spiro atoms. The summed E-state index contributed by atoms with van der Waals surface area (Å²) in [5, 5.41) is 12.3. The zero-order chi connectivity index (χ0) is 62.6. The predicted molar refractivity (Wildman–Crippen MR) is 328 cm³/mol. The molecule has 11 heterocycles. The number of hydrogen-bond acceptors (Lipinski definition) is 20. The number of halogens is 4. The Morgan fingerprint density at radius 3 is 1.69 bits per heavy atom. The lowest BCUT2D eigenvalue weighted by molar-refractivity contribution is -0.136. The van der Waals surface area contributed by atoms with Crippen LogP contribution < -0.4 is 26.4 Å². The van der Waals surface area contributed by atoms with Crippen molar-refractivity contribution in [1.29, 1.82) is 0 Å². The third-order valence-corrected chi connectivity index (χ3v) is 14.9. The number of nitrogens with one attached hydrogen (secondary N) is 3. The lowest BCUT2D eigenvalue weighted by Gasteiger charge is -2.33. The molecule has 4 aliphatic rings. The van der Waals surface area contributed by atoms with Gasteiger partial charge in [-0.25, -0.2) is 42.5 Å². The van der Waals surface area contributed by atoms with E-state index >= 15 is 0 Å². The number of amides is 1. The number of hydrogen-bond donors (Lipinski definition) is 5. The first-order chi connectivity index (χ1) is 43.0. The lowest BCUT2D eigenvalue weighted by atomic mass is 10.1. The number of carboxylic acid groups (broad SMARTS) is 1.